The second-order valence-corrected chi connectivity index (χ2v) is 7.77. The second-order valence-electron chi connectivity index (χ2n) is 7.34. The van der Waals surface area contributed by atoms with Crippen molar-refractivity contribution in [3.05, 3.63) is 89.1 Å². The molecule has 0 unspecified atom stereocenters. The van der Waals surface area contributed by atoms with Gasteiger partial charge in [0.25, 0.3) is 0 Å². The molecule has 0 aliphatic carbocycles. The zero-order valence-corrected chi connectivity index (χ0v) is 17.4. The Morgan fingerprint density at radius 1 is 0.969 bits per heavy atom. The van der Waals surface area contributed by atoms with Crippen molar-refractivity contribution in [2.45, 2.75) is 13.1 Å². The Morgan fingerprint density at radius 3 is 2.41 bits per heavy atom. The van der Waals surface area contributed by atoms with Crippen LogP contribution in [0, 0.1) is 6.92 Å². The number of benzene rings is 2. The van der Waals surface area contributed by atoms with Gasteiger partial charge in [-0.2, -0.15) is 18.3 Å². The first-order chi connectivity index (χ1) is 15.3. The normalized spacial score (nSPS) is 11.9. The summed E-state index contributed by atoms with van der Waals surface area (Å²) in [6, 6.07) is 18.1. The van der Waals surface area contributed by atoms with Gasteiger partial charge < -0.3 is 4.42 Å². The van der Waals surface area contributed by atoms with E-state index in [-0.39, 0.29) is 28.2 Å². The van der Waals surface area contributed by atoms with Gasteiger partial charge in [-0.25, -0.2) is 9.67 Å². The van der Waals surface area contributed by atoms with Gasteiger partial charge in [0.1, 0.15) is 11.4 Å². The standard InChI is InChI=1S/C24H15ClF3N3O/c1-14-7-9-15(10-8-14)22-21-18(24(26,27)28)13-19(20-6-3-11-32-20)29-23(21)31(30-22)17-5-2-4-16(25)12-17/h2-13H,1H3. The van der Waals surface area contributed by atoms with Crippen LogP contribution in [0.5, 0.6) is 0 Å². The summed E-state index contributed by atoms with van der Waals surface area (Å²) < 4.78 is 49.5. The third kappa shape index (κ3) is 3.54. The largest absolute Gasteiger partial charge is 0.463 e. The number of furan rings is 1. The maximum Gasteiger partial charge on any atom is 0.417 e. The van der Waals surface area contributed by atoms with Crippen LogP contribution in [-0.4, -0.2) is 14.8 Å². The molecule has 0 aliphatic heterocycles. The topological polar surface area (TPSA) is 43.9 Å². The van der Waals surface area contributed by atoms with Gasteiger partial charge >= 0.3 is 6.18 Å². The van der Waals surface area contributed by atoms with Crippen molar-refractivity contribution in [2.24, 2.45) is 0 Å². The Balaban J connectivity index is 1.91. The number of aryl methyl sites for hydroxylation is 1. The van der Waals surface area contributed by atoms with Crippen LogP contribution in [0.3, 0.4) is 0 Å². The van der Waals surface area contributed by atoms with Crippen molar-refractivity contribution in [2.75, 3.05) is 0 Å². The highest BCUT2D eigenvalue weighted by molar-refractivity contribution is 6.30. The molecule has 0 radical (unpaired) electrons. The summed E-state index contributed by atoms with van der Waals surface area (Å²) in [5.74, 6) is 0.230. The lowest BCUT2D eigenvalue weighted by atomic mass is 10.0. The number of pyridine rings is 1. The number of hydrogen-bond donors (Lipinski definition) is 0. The smallest absolute Gasteiger partial charge is 0.417 e. The van der Waals surface area contributed by atoms with Gasteiger partial charge in [0.05, 0.1) is 22.9 Å². The lowest BCUT2D eigenvalue weighted by Gasteiger charge is -2.11. The molecule has 2 aromatic carbocycles. The van der Waals surface area contributed by atoms with E-state index in [1.165, 1.54) is 10.9 Å². The minimum absolute atomic E-state index is 0.0593. The van der Waals surface area contributed by atoms with Crippen LogP contribution in [0.1, 0.15) is 11.1 Å². The molecule has 5 aromatic rings. The molecule has 4 nitrogen and oxygen atoms in total. The molecule has 0 N–H and O–H groups in total. The van der Waals surface area contributed by atoms with Crippen molar-refractivity contribution >= 4 is 22.6 Å². The van der Waals surface area contributed by atoms with Gasteiger partial charge in [-0.15, -0.1) is 0 Å². The third-order valence-electron chi connectivity index (χ3n) is 5.09. The number of aromatic nitrogens is 3. The molecule has 160 valence electrons. The zero-order chi connectivity index (χ0) is 22.5. The molecule has 0 atom stereocenters. The summed E-state index contributed by atoms with van der Waals surface area (Å²) in [5, 5.41) is 4.91. The summed E-state index contributed by atoms with van der Waals surface area (Å²) in [6.07, 6.45) is -3.25. The fourth-order valence-electron chi connectivity index (χ4n) is 3.59. The van der Waals surface area contributed by atoms with Gasteiger partial charge in [0.2, 0.25) is 0 Å². The van der Waals surface area contributed by atoms with E-state index in [1.807, 2.05) is 19.1 Å². The van der Waals surface area contributed by atoms with E-state index in [1.54, 1.807) is 48.5 Å². The highest BCUT2D eigenvalue weighted by atomic mass is 35.5. The van der Waals surface area contributed by atoms with E-state index >= 15 is 0 Å². The molecule has 32 heavy (non-hydrogen) atoms. The van der Waals surface area contributed by atoms with Crippen molar-refractivity contribution in [1.29, 1.82) is 0 Å². The van der Waals surface area contributed by atoms with E-state index in [9.17, 15) is 13.2 Å². The maximum atomic E-state index is 14.3. The maximum absolute atomic E-state index is 14.3. The highest BCUT2D eigenvalue weighted by Crippen LogP contribution is 2.41. The summed E-state index contributed by atoms with van der Waals surface area (Å²) in [4.78, 5) is 4.53. The summed E-state index contributed by atoms with van der Waals surface area (Å²) in [6.45, 7) is 1.91. The average molecular weight is 454 g/mol. The number of rotatable bonds is 3. The molecule has 0 saturated carbocycles. The monoisotopic (exact) mass is 453 g/mol. The van der Waals surface area contributed by atoms with Crippen molar-refractivity contribution in [3.63, 3.8) is 0 Å². The summed E-state index contributed by atoms with van der Waals surface area (Å²) >= 11 is 6.15. The third-order valence-corrected chi connectivity index (χ3v) is 5.33. The van der Waals surface area contributed by atoms with Crippen molar-refractivity contribution in [1.82, 2.24) is 14.8 Å². The van der Waals surface area contributed by atoms with Gasteiger partial charge in [0, 0.05) is 10.6 Å². The Labute approximate surface area is 185 Å². The van der Waals surface area contributed by atoms with Crippen LogP contribution >= 0.6 is 11.6 Å². The molecule has 0 aliphatic rings. The molecule has 0 fully saturated rings. The van der Waals surface area contributed by atoms with Gasteiger partial charge in [0.15, 0.2) is 11.4 Å². The zero-order valence-electron chi connectivity index (χ0n) is 16.7. The molecule has 8 heteroatoms. The Morgan fingerprint density at radius 2 is 1.75 bits per heavy atom. The molecule has 3 aromatic heterocycles. The lowest BCUT2D eigenvalue weighted by molar-refractivity contribution is -0.136. The Hall–Kier alpha value is -3.58. The SMILES string of the molecule is Cc1ccc(-c2nn(-c3cccc(Cl)c3)c3nc(-c4ccco4)cc(C(F)(F)F)c23)cc1. The van der Waals surface area contributed by atoms with Crippen molar-refractivity contribution in [3.8, 4) is 28.4 Å². The van der Waals surface area contributed by atoms with Crippen LogP contribution < -0.4 is 0 Å². The van der Waals surface area contributed by atoms with E-state index < -0.39 is 11.7 Å². The number of alkyl halides is 3. The van der Waals surface area contributed by atoms with E-state index in [0.717, 1.165) is 11.6 Å². The number of nitrogens with zero attached hydrogens (tertiary/aromatic N) is 3. The lowest BCUT2D eigenvalue weighted by Crippen LogP contribution is -2.08. The quantitative estimate of drug-likeness (QED) is 0.287. The fourth-order valence-corrected chi connectivity index (χ4v) is 3.78. The van der Waals surface area contributed by atoms with Crippen LogP contribution in [0.4, 0.5) is 13.2 Å². The molecule has 0 saturated heterocycles. The average Bonchev–Trinajstić information content (AvgIpc) is 3.41. The number of halogens is 4. The highest BCUT2D eigenvalue weighted by Gasteiger charge is 2.37. The Bertz CT molecular complexity index is 1420. The predicted octanol–water partition coefficient (Wildman–Crippen LogP) is 7.33. The van der Waals surface area contributed by atoms with Gasteiger partial charge in [-0.3, -0.25) is 0 Å². The summed E-state index contributed by atoms with van der Waals surface area (Å²) in [7, 11) is 0. The first-order valence-electron chi connectivity index (χ1n) is 9.69. The fraction of sp³-hybridized carbons (Fsp3) is 0.0833. The minimum atomic E-state index is -4.63. The van der Waals surface area contributed by atoms with Crippen LogP contribution in [0.25, 0.3) is 39.4 Å². The Kier molecular flexibility index (Phi) is 4.78. The summed E-state index contributed by atoms with van der Waals surface area (Å²) in [5.41, 5.74) is 1.51. The molecular formula is C24H15ClF3N3O. The van der Waals surface area contributed by atoms with E-state index in [4.69, 9.17) is 16.0 Å². The minimum Gasteiger partial charge on any atom is -0.463 e. The molecular weight excluding hydrogens is 439 g/mol. The number of hydrogen-bond acceptors (Lipinski definition) is 3. The molecule has 0 bridgehead atoms. The van der Waals surface area contributed by atoms with Gasteiger partial charge in [-0.1, -0.05) is 47.5 Å². The first kappa shape index (κ1) is 20.3. The van der Waals surface area contributed by atoms with Gasteiger partial charge in [-0.05, 0) is 43.3 Å². The predicted molar refractivity (Wildman–Crippen MR) is 117 cm³/mol. The van der Waals surface area contributed by atoms with Crippen molar-refractivity contribution < 1.29 is 17.6 Å². The van der Waals surface area contributed by atoms with E-state index in [2.05, 4.69) is 10.1 Å². The molecule has 5 rings (SSSR count). The molecule has 0 spiro atoms. The second kappa shape index (κ2) is 7.53. The van der Waals surface area contributed by atoms with Crippen LogP contribution in [0.2, 0.25) is 5.02 Å². The van der Waals surface area contributed by atoms with Crippen LogP contribution in [0.15, 0.2) is 77.4 Å². The van der Waals surface area contributed by atoms with Crippen LogP contribution in [-0.2, 0) is 6.18 Å². The molecule has 3 heterocycles. The number of fused-ring (bicyclic) bond motifs is 1. The first-order valence-corrected chi connectivity index (χ1v) is 10.1. The van der Waals surface area contributed by atoms with E-state index in [0.29, 0.717) is 16.3 Å². The molecule has 0 amide bonds.